The van der Waals surface area contributed by atoms with Gasteiger partial charge in [-0.3, -0.25) is 9.59 Å². The summed E-state index contributed by atoms with van der Waals surface area (Å²) in [5, 5.41) is 5.60. The van der Waals surface area contributed by atoms with Gasteiger partial charge in [-0.2, -0.15) is 0 Å². The first-order chi connectivity index (χ1) is 14.0. The Morgan fingerprint density at radius 1 is 0.862 bits per heavy atom. The monoisotopic (exact) mass is 402 g/mol. The van der Waals surface area contributed by atoms with E-state index in [1.165, 1.54) is 0 Å². The normalized spacial score (nSPS) is 11.0. The fourth-order valence-corrected chi connectivity index (χ4v) is 3.05. The second-order valence-corrected chi connectivity index (χ2v) is 7.35. The molecule has 0 fully saturated rings. The molecule has 0 saturated heterocycles. The summed E-state index contributed by atoms with van der Waals surface area (Å²) < 4.78 is 0. The molecular weight excluding hydrogens is 380 g/mol. The number of nitrogens with one attached hydrogen (secondary N) is 2. The molecule has 0 radical (unpaired) electrons. The number of thioether (sulfide) groups is 1. The van der Waals surface area contributed by atoms with Crippen molar-refractivity contribution in [3.05, 3.63) is 101 Å². The Hall–Kier alpha value is -3.31. The molecule has 2 N–H and O–H groups in total. The van der Waals surface area contributed by atoms with Crippen molar-refractivity contribution >= 4 is 35.3 Å². The average Bonchev–Trinajstić information content (AvgIpc) is 2.76. The Morgan fingerprint density at radius 2 is 1.52 bits per heavy atom. The summed E-state index contributed by atoms with van der Waals surface area (Å²) in [6.07, 6.45) is 3.67. The van der Waals surface area contributed by atoms with Gasteiger partial charge in [0.15, 0.2) is 0 Å². The Labute approximate surface area is 175 Å². The summed E-state index contributed by atoms with van der Waals surface area (Å²) in [7, 11) is 0. The lowest BCUT2D eigenvalue weighted by atomic mass is 10.1. The SMILES string of the molecule is CSc1ccc(NC(=O)/C(=C/c2ccc(C)cc2)NC(=O)c2ccccc2)cc1. The Kier molecular flexibility index (Phi) is 6.87. The minimum atomic E-state index is -0.383. The highest BCUT2D eigenvalue weighted by molar-refractivity contribution is 7.98. The van der Waals surface area contributed by atoms with Crippen molar-refractivity contribution in [1.29, 1.82) is 0 Å². The molecule has 0 aromatic heterocycles. The molecule has 29 heavy (non-hydrogen) atoms. The summed E-state index contributed by atoms with van der Waals surface area (Å²) in [4.78, 5) is 26.6. The highest BCUT2D eigenvalue weighted by Gasteiger charge is 2.15. The lowest BCUT2D eigenvalue weighted by molar-refractivity contribution is -0.113. The van der Waals surface area contributed by atoms with Crippen LogP contribution in [0.3, 0.4) is 0 Å². The van der Waals surface area contributed by atoms with Gasteiger partial charge < -0.3 is 10.6 Å². The maximum absolute atomic E-state index is 12.9. The van der Waals surface area contributed by atoms with Crippen LogP contribution in [0.15, 0.2) is 89.5 Å². The van der Waals surface area contributed by atoms with Crippen LogP contribution in [0.2, 0.25) is 0 Å². The molecule has 5 heteroatoms. The number of hydrogen-bond acceptors (Lipinski definition) is 3. The number of benzene rings is 3. The zero-order chi connectivity index (χ0) is 20.6. The smallest absolute Gasteiger partial charge is 0.272 e. The van der Waals surface area contributed by atoms with Gasteiger partial charge in [0.05, 0.1) is 0 Å². The first-order valence-electron chi connectivity index (χ1n) is 9.15. The van der Waals surface area contributed by atoms with Gasteiger partial charge in [0.25, 0.3) is 11.8 Å². The predicted octanol–water partition coefficient (Wildman–Crippen LogP) is 5.13. The molecule has 0 aliphatic rings. The van der Waals surface area contributed by atoms with Gasteiger partial charge in [0.2, 0.25) is 0 Å². The number of amides is 2. The largest absolute Gasteiger partial charge is 0.321 e. The standard InChI is InChI=1S/C24H22N2O2S/c1-17-8-10-18(11-9-17)16-22(26-23(27)19-6-4-3-5-7-19)24(28)25-20-12-14-21(29-2)15-13-20/h3-16H,1-2H3,(H,25,28)(H,26,27)/b22-16-. The fourth-order valence-electron chi connectivity index (χ4n) is 2.64. The van der Waals surface area contributed by atoms with E-state index in [9.17, 15) is 9.59 Å². The summed E-state index contributed by atoms with van der Waals surface area (Å²) in [5.41, 5.74) is 3.27. The van der Waals surface area contributed by atoms with Crippen LogP contribution in [0.5, 0.6) is 0 Å². The first-order valence-corrected chi connectivity index (χ1v) is 10.4. The predicted molar refractivity (Wildman–Crippen MR) is 120 cm³/mol. The number of hydrogen-bond donors (Lipinski definition) is 2. The second kappa shape index (κ2) is 9.75. The number of carbonyl (C=O) groups excluding carboxylic acids is 2. The molecular formula is C24H22N2O2S. The first kappa shape index (κ1) is 20.4. The molecule has 0 spiro atoms. The maximum Gasteiger partial charge on any atom is 0.272 e. The van der Waals surface area contributed by atoms with Crippen molar-refractivity contribution in [3.8, 4) is 0 Å². The van der Waals surface area contributed by atoms with Crippen LogP contribution in [0.25, 0.3) is 6.08 Å². The lowest BCUT2D eigenvalue weighted by Gasteiger charge is -2.12. The minimum Gasteiger partial charge on any atom is -0.321 e. The van der Waals surface area contributed by atoms with E-state index < -0.39 is 0 Å². The van der Waals surface area contributed by atoms with Crippen molar-refractivity contribution < 1.29 is 9.59 Å². The summed E-state index contributed by atoms with van der Waals surface area (Å²) >= 11 is 1.63. The molecule has 0 aliphatic carbocycles. The molecule has 3 aromatic carbocycles. The van der Waals surface area contributed by atoms with Crippen LogP contribution in [0.4, 0.5) is 5.69 Å². The van der Waals surface area contributed by atoms with E-state index in [2.05, 4.69) is 10.6 Å². The Morgan fingerprint density at radius 3 is 2.14 bits per heavy atom. The van der Waals surface area contributed by atoms with E-state index >= 15 is 0 Å². The van der Waals surface area contributed by atoms with E-state index in [1.54, 1.807) is 42.1 Å². The van der Waals surface area contributed by atoms with Crippen LogP contribution in [-0.2, 0) is 4.79 Å². The maximum atomic E-state index is 12.9. The molecule has 2 amide bonds. The van der Waals surface area contributed by atoms with E-state index in [4.69, 9.17) is 0 Å². The molecule has 3 rings (SSSR count). The molecule has 0 saturated carbocycles. The third-order valence-corrected chi connectivity index (χ3v) is 5.01. The van der Waals surface area contributed by atoms with Crippen LogP contribution in [-0.4, -0.2) is 18.1 Å². The summed E-state index contributed by atoms with van der Waals surface area (Å²) in [6.45, 7) is 2.00. The Balaban J connectivity index is 1.85. The van der Waals surface area contributed by atoms with Crippen LogP contribution >= 0.6 is 11.8 Å². The molecule has 0 aliphatic heterocycles. The molecule has 0 bridgehead atoms. The van der Waals surface area contributed by atoms with Gasteiger partial charge in [-0.25, -0.2) is 0 Å². The van der Waals surface area contributed by atoms with Crippen molar-refractivity contribution in [2.24, 2.45) is 0 Å². The number of anilines is 1. The number of aryl methyl sites for hydroxylation is 1. The van der Waals surface area contributed by atoms with Gasteiger partial charge in [-0.05, 0) is 61.2 Å². The molecule has 0 heterocycles. The lowest BCUT2D eigenvalue weighted by Crippen LogP contribution is -2.30. The fraction of sp³-hybridized carbons (Fsp3) is 0.0833. The van der Waals surface area contributed by atoms with E-state index in [0.717, 1.165) is 16.0 Å². The zero-order valence-electron chi connectivity index (χ0n) is 16.3. The second-order valence-electron chi connectivity index (χ2n) is 6.47. The van der Waals surface area contributed by atoms with E-state index in [1.807, 2.05) is 67.8 Å². The van der Waals surface area contributed by atoms with Gasteiger partial charge in [0, 0.05) is 16.1 Å². The zero-order valence-corrected chi connectivity index (χ0v) is 17.1. The van der Waals surface area contributed by atoms with Crippen LogP contribution < -0.4 is 10.6 Å². The molecule has 146 valence electrons. The summed E-state index contributed by atoms with van der Waals surface area (Å²) in [6, 6.07) is 24.1. The quantitative estimate of drug-likeness (QED) is 0.444. The Bertz CT molecular complexity index is 1010. The molecule has 3 aromatic rings. The van der Waals surface area contributed by atoms with Crippen molar-refractivity contribution in [2.45, 2.75) is 11.8 Å². The molecule has 0 atom stereocenters. The third-order valence-electron chi connectivity index (χ3n) is 4.27. The third kappa shape index (κ3) is 5.83. The van der Waals surface area contributed by atoms with E-state index in [0.29, 0.717) is 11.3 Å². The van der Waals surface area contributed by atoms with E-state index in [-0.39, 0.29) is 17.5 Å². The van der Waals surface area contributed by atoms with Crippen molar-refractivity contribution in [1.82, 2.24) is 5.32 Å². The molecule has 0 unspecified atom stereocenters. The summed E-state index contributed by atoms with van der Waals surface area (Å²) in [5.74, 6) is -0.719. The van der Waals surface area contributed by atoms with Gasteiger partial charge in [-0.1, -0.05) is 48.0 Å². The van der Waals surface area contributed by atoms with Crippen LogP contribution in [0.1, 0.15) is 21.5 Å². The minimum absolute atomic E-state index is 0.177. The van der Waals surface area contributed by atoms with Gasteiger partial charge in [-0.15, -0.1) is 11.8 Å². The van der Waals surface area contributed by atoms with Gasteiger partial charge >= 0.3 is 0 Å². The van der Waals surface area contributed by atoms with Gasteiger partial charge in [0.1, 0.15) is 5.70 Å². The molecule has 4 nitrogen and oxygen atoms in total. The van der Waals surface area contributed by atoms with Crippen LogP contribution in [0, 0.1) is 6.92 Å². The average molecular weight is 403 g/mol. The van der Waals surface area contributed by atoms with Crippen molar-refractivity contribution in [2.75, 3.05) is 11.6 Å². The highest BCUT2D eigenvalue weighted by atomic mass is 32.2. The topological polar surface area (TPSA) is 58.2 Å². The van der Waals surface area contributed by atoms with Crippen molar-refractivity contribution in [3.63, 3.8) is 0 Å². The number of rotatable bonds is 6. The number of carbonyl (C=O) groups is 2. The highest BCUT2D eigenvalue weighted by Crippen LogP contribution is 2.18.